The van der Waals surface area contributed by atoms with Gasteiger partial charge in [0.05, 0.1) is 31.0 Å². The van der Waals surface area contributed by atoms with E-state index in [4.69, 9.17) is 4.98 Å². The van der Waals surface area contributed by atoms with E-state index in [0.29, 0.717) is 54.7 Å². The molecule has 0 radical (unpaired) electrons. The monoisotopic (exact) mass is 519 g/mol. The van der Waals surface area contributed by atoms with Crippen LogP contribution in [-0.4, -0.2) is 74.8 Å². The number of hydrogen-bond donors (Lipinski definition) is 2. The standard InChI is InChI=1S/C25H32F3N7O2/c1-3-33(4-2)23(37)18-6-5-12-34(15-18)24-31-21(29-11-13-36)20-22(32-24)35(16-30-20)14-17-7-9-19(10-8-17)25(26,27)28/h7-10,16,18,36H,3-6,11-15H2,1-2H3,(H,29,31,32). The summed E-state index contributed by atoms with van der Waals surface area (Å²) >= 11 is 0. The van der Waals surface area contributed by atoms with Crippen molar-refractivity contribution in [3.05, 3.63) is 41.7 Å². The van der Waals surface area contributed by atoms with E-state index in [1.807, 2.05) is 23.6 Å². The zero-order valence-corrected chi connectivity index (χ0v) is 21.0. The Labute approximate surface area is 213 Å². The number of hydrogen-bond acceptors (Lipinski definition) is 7. The highest BCUT2D eigenvalue weighted by atomic mass is 19.4. The maximum Gasteiger partial charge on any atom is 0.416 e. The van der Waals surface area contributed by atoms with Gasteiger partial charge in [-0.05, 0) is 44.4 Å². The Morgan fingerprint density at radius 3 is 2.57 bits per heavy atom. The third-order valence-electron chi connectivity index (χ3n) is 6.62. The number of aliphatic hydroxyl groups is 1. The maximum absolute atomic E-state index is 13.0. The molecule has 1 atom stereocenters. The van der Waals surface area contributed by atoms with Crippen LogP contribution in [0.1, 0.15) is 37.8 Å². The molecule has 9 nitrogen and oxygen atoms in total. The number of fused-ring (bicyclic) bond motifs is 1. The lowest BCUT2D eigenvalue weighted by Gasteiger charge is -2.34. The minimum Gasteiger partial charge on any atom is -0.395 e. The highest BCUT2D eigenvalue weighted by molar-refractivity contribution is 5.85. The molecule has 3 heterocycles. The van der Waals surface area contributed by atoms with Gasteiger partial charge in [0.25, 0.3) is 0 Å². The first kappa shape index (κ1) is 26.6. The molecule has 0 aliphatic carbocycles. The molecule has 12 heteroatoms. The first-order valence-electron chi connectivity index (χ1n) is 12.5. The van der Waals surface area contributed by atoms with E-state index < -0.39 is 11.7 Å². The van der Waals surface area contributed by atoms with Gasteiger partial charge in [-0.15, -0.1) is 0 Å². The summed E-state index contributed by atoms with van der Waals surface area (Å²) in [7, 11) is 0. The molecule has 3 aromatic rings. The van der Waals surface area contributed by atoms with E-state index in [9.17, 15) is 23.1 Å². The van der Waals surface area contributed by atoms with Crippen molar-refractivity contribution in [2.45, 2.75) is 39.4 Å². The quantitative estimate of drug-likeness (QED) is 0.447. The molecule has 1 aliphatic rings. The number of carbonyl (C=O) groups is 1. The minimum atomic E-state index is -4.39. The number of carbonyl (C=O) groups excluding carboxylic acids is 1. The molecule has 2 aromatic heterocycles. The molecule has 2 N–H and O–H groups in total. The second kappa shape index (κ2) is 11.3. The van der Waals surface area contributed by atoms with E-state index in [1.54, 1.807) is 10.9 Å². The number of imidazole rings is 1. The van der Waals surface area contributed by atoms with Crippen LogP contribution < -0.4 is 10.2 Å². The third kappa shape index (κ3) is 5.95. The van der Waals surface area contributed by atoms with E-state index in [-0.39, 0.29) is 31.5 Å². The van der Waals surface area contributed by atoms with E-state index >= 15 is 0 Å². The zero-order valence-electron chi connectivity index (χ0n) is 21.0. The highest BCUT2D eigenvalue weighted by Gasteiger charge is 2.31. The van der Waals surface area contributed by atoms with Crippen LogP contribution in [0.5, 0.6) is 0 Å². The second-order valence-corrected chi connectivity index (χ2v) is 9.06. The van der Waals surface area contributed by atoms with Crippen molar-refractivity contribution in [2.24, 2.45) is 5.92 Å². The predicted octanol–water partition coefficient (Wildman–Crippen LogP) is 3.38. The summed E-state index contributed by atoms with van der Waals surface area (Å²) in [6, 6.07) is 5.00. The molecule has 200 valence electrons. The lowest BCUT2D eigenvalue weighted by molar-refractivity contribution is -0.137. The number of piperidine rings is 1. The van der Waals surface area contributed by atoms with Gasteiger partial charge in [0.15, 0.2) is 17.0 Å². The molecular formula is C25H32F3N7O2. The molecule has 4 rings (SSSR count). The molecule has 1 amide bonds. The van der Waals surface area contributed by atoms with Gasteiger partial charge in [0.1, 0.15) is 0 Å². The van der Waals surface area contributed by atoms with Crippen LogP contribution in [0.25, 0.3) is 11.2 Å². The molecular weight excluding hydrogens is 487 g/mol. The predicted molar refractivity (Wildman–Crippen MR) is 134 cm³/mol. The lowest BCUT2D eigenvalue weighted by atomic mass is 9.96. The number of benzene rings is 1. The SMILES string of the molecule is CCN(CC)C(=O)C1CCCN(c2nc(NCCO)c3ncn(Cc4ccc(C(F)(F)F)cc4)c3n2)C1. The maximum atomic E-state index is 13.0. The fourth-order valence-electron chi connectivity index (χ4n) is 4.64. The Balaban J connectivity index is 1.64. The summed E-state index contributed by atoms with van der Waals surface area (Å²) < 4.78 is 40.6. The number of aromatic nitrogens is 4. The average molecular weight is 520 g/mol. The Hall–Kier alpha value is -3.41. The zero-order chi connectivity index (χ0) is 26.6. The van der Waals surface area contributed by atoms with Crippen molar-refractivity contribution in [1.82, 2.24) is 24.4 Å². The molecule has 0 bridgehead atoms. The molecule has 0 saturated carbocycles. The van der Waals surface area contributed by atoms with Crippen molar-refractivity contribution < 1.29 is 23.1 Å². The fourth-order valence-corrected chi connectivity index (χ4v) is 4.64. The first-order chi connectivity index (χ1) is 17.7. The van der Waals surface area contributed by atoms with Crippen LogP contribution >= 0.6 is 0 Å². The second-order valence-electron chi connectivity index (χ2n) is 9.06. The van der Waals surface area contributed by atoms with Crippen LogP contribution in [0.4, 0.5) is 24.9 Å². The average Bonchev–Trinajstić information content (AvgIpc) is 3.30. The summed E-state index contributed by atoms with van der Waals surface area (Å²) in [4.78, 5) is 30.7. The number of alkyl halides is 3. The molecule has 1 fully saturated rings. The van der Waals surface area contributed by atoms with Crippen LogP contribution in [0.2, 0.25) is 0 Å². The van der Waals surface area contributed by atoms with Crippen LogP contribution in [0, 0.1) is 5.92 Å². The van der Waals surface area contributed by atoms with Crippen molar-refractivity contribution in [2.75, 3.05) is 49.5 Å². The molecule has 37 heavy (non-hydrogen) atoms. The van der Waals surface area contributed by atoms with Gasteiger partial charge in [-0.1, -0.05) is 12.1 Å². The summed E-state index contributed by atoms with van der Waals surface area (Å²) in [6.07, 6.45) is -1.19. The van der Waals surface area contributed by atoms with Gasteiger partial charge >= 0.3 is 6.18 Å². The number of rotatable bonds is 9. The minimum absolute atomic E-state index is 0.0999. The molecule has 0 spiro atoms. The lowest BCUT2D eigenvalue weighted by Crippen LogP contribution is -2.45. The number of amides is 1. The summed E-state index contributed by atoms with van der Waals surface area (Å²) in [6.45, 7) is 6.88. The first-order valence-corrected chi connectivity index (χ1v) is 12.5. The van der Waals surface area contributed by atoms with E-state index in [0.717, 1.165) is 25.0 Å². The fraction of sp³-hybridized carbons (Fsp3) is 0.520. The molecule has 1 aromatic carbocycles. The van der Waals surface area contributed by atoms with Gasteiger partial charge in [0.2, 0.25) is 11.9 Å². The Bertz CT molecular complexity index is 1210. The molecule has 1 aliphatic heterocycles. The van der Waals surface area contributed by atoms with Gasteiger partial charge in [-0.2, -0.15) is 23.1 Å². The Morgan fingerprint density at radius 2 is 1.92 bits per heavy atom. The Kier molecular flexibility index (Phi) is 8.16. The number of nitrogens with zero attached hydrogens (tertiary/aromatic N) is 6. The summed E-state index contributed by atoms with van der Waals surface area (Å²) in [5.74, 6) is 0.872. The molecule has 1 saturated heterocycles. The summed E-state index contributed by atoms with van der Waals surface area (Å²) in [5, 5.41) is 12.4. The highest BCUT2D eigenvalue weighted by Crippen LogP contribution is 2.30. The number of nitrogens with one attached hydrogen (secondary N) is 1. The van der Waals surface area contributed by atoms with E-state index in [1.165, 1.54) is 12.1 Å². The van der Waals surface area contributed by atoms with Crippen molar-refractivity contribution in [3.8, 4) is 0 Å². The topological polar surface area (TPSA) is 99.4 Å². The van der Waals surface area contributed by atoms with Gasteiger partial charge < -0.3 is 24.8 Å². The summed E-state index contributed by atoms with van der Waals surface area (Å²) in [5.41, 5.74) is 0.977. The number of aliphatic hydroxyl groups excluding tert-OH is 1. The van der Waals surface area contributed by atoms with Crippen LogP contribution in [-0.2, 0) is 17.5 Å². The van der Waals surface area contributed by atoms with Crippen molar-refractivity contribution >= 4 is 28.8 Å². The largest absolute Gasteiger partial charge is 0.416 e. The van der Waals surface area contributed by atoms with Gasteiger partial charge in [0, 0.05) is 32.7 Å². The van der Waals surface area contributed by atoms with Crippen molar-refractivity contribution in [3.63, 3.8) is 0 Å². The third-order valence-corrected chi connectivity index (χ3v) is 6.62. The number of halogens is 3. The van der Waals surface area contributed by atoms with Gasteiger partial charge in [-0.3, -0.25) is 4.79 Å². The normalized spacial score (nSPS) is 16.3. The van der Waals surface area contributed by atoms with Crippen LogP contribution in [0.3, 0.4) is 0 Å². The smallest absolute Gasteiger partial charge is 0.395 e. The van der Waals surface area contributed by atoms with E-state index in [2.05, 4.69) is 15.3 Å². The number of anilines is 2. The Morgan fingerprint density at radius 1 is 1.19 bits per heavy atom. The van der Waals surface area contributed by atoms with Crippen LogP contribution in [0.15, 0.2) is 30.6 Å². The van der Waals surface area contributed by atoms with Crippen molar-refractivity contribution in [1.29, 1.82) is 0 Å². The van der Waals surface area contributed by atoms with Gasteiger partial charge in [-0.25, -0.2) is 4.98 Å². The molecule has 1 unspecified atom stereocenters.